The molecule has 7 heteroatoms. The molecule has 0 amide bonds. The topological polar surface area (TPSA) is 28.7 Å². The van der Waals surface area contributed by atoms with Crippen LogP contribution in [0.25, 0.3) is 11.4 Å². The minimum absolute atomic E-state index is 0. The average molecular weight is 307 g/mol. The van der Waals surface area contributed by atoms with E-state index in [2.05, 4.69) is 9.97 Å². The summed E-state index contributed by atoms with van der Waals surface area (Å²) in [5.41, 5.74) is 0.695. The van der Waals surface area contributed by atoms with E-state index >= 15 is 0 Å². The van der Waals surface area contributed by atoms with Gasteiger partial charge in [-0.2, -0.15) is 13.2 Å². The molecule has 102 valence electrons. The van der Waals surface area contributed by atoms with Gasteiger partial charge in [0.2, 0.25) is 0 Å². The van der Waals surface area contributed by atoms with Crippen molar-refractivity contribution in [2.45, 2.75) is 13.1 Å². The predicted octanol–water partition coefficient (Wildman–Crippen LogP) is 4.56. The highest BCUT2D eigenvalue weighted by atomic mass is 35.5. The predicted molar refractivity (Wildman–Crippen MR) is 71.8 cm³/mol. The lowest BCUT2D eigenvalue weighted by Crippen LogP contribution is -2.04. The highest BCUT2D eigenvalue weighted by molar-refractivity contribution is 7.71. The minimum Gasteiger partial charge on any atom is -0.343 e. The maximum atomic E-state index is 12.4. The second-order valence-corrected chi connectivity index (χ2v) is 4.24. The van der Waals surface area contributed by atoms with Crippen molar-refractivity contribution in [3.63, 3.8) is 0 Å². The Kier molecular flexibility index (Phi) is 4.70. The van der Waals surface area contributed by atoms with Crippen LogP contribution in [-0.2, 0) is 6.18 Å². The highest BCUT2D eigenvalue weighted by Gasteiger charge is 2.29. The number of hydrogen-bond acceptors (Lipinski definition) is 2. The van der Waals surface area contributed by atoms with Crippen molar-refractivity contribution in [3.8, 4) is 11.4 Å². The third-order valence-corrected chi connectivity index (χ3v) is 2.57. The van der Waals surface area contributed by atoms with Crippen molar-refractivity contribution in [2.75, 3.05) is 0 Å². The third-order valence-electron chi connectivity index (χ3n) is 2.36. The summed E-state index contributed by atoms with van der Waals surface area (Å²) in [6.45, 7) is 1.81. The van der Waals surface area contributed by atoms with Gasteiger partial charge in [-0.1, -0.05) is 24.4 Å². The van der Waals surface area contributed by atoms with Crippen LogP contribution in [0.15, 0.2) is 30.3 Å². The van der Waals surface area contributed by atoms with E-state index in [9.17, 15) is 13.2 Å². The summed E-state index contributed by atoms with van der Waals surface area (Å²) in [6, 6.07) is 6.47. The van der Waals surface area contributed by atoms with Gasteiger partial charge in [0.05, 0.1) is 5.56 Å². The van der Waals surface area contributed by atoms with Crippen LogP contribution >= 0.6 is 24.6 Å². The number of rotatable bonds is 1. The second kappa shape index (κ2) is 5.71. The lowest BCUT2D eigenvalue weighted by molar-refractivity contribution is -0.137. The molecule has 1 heterocycles. The van der Waals surface area contributed by atoms with Crippen molar-refractivity contribution < 1.29 is 13.2 Å². The molecular formula is C12H10ClF3N2S. The Labute approximate surface area is 119 Å². The van der Waals surface area contributed by atoms with Gasteiger partial charge >= 0.3 is 6.18 Å². The molecular weight excluding hydrogens is 297 g/mol. The van der Waals surface area contributed by atoms with Crippen LogP contribution in [-0.4, -0.2) is 9.97 Å². The van der Waals surface area contributed by atoms with E-state index in [0.717, 1.165) is 17.8 Å². The summed E-state index contributed by atoms with van der Waals surface area (Å²) in [4.78, 5) is 7.04. The largest absolute Gasteiger partial charge is 0.416 e. The monoisotopic (exact) mass is 306 g/mol. The molecule has 0 bridgehead atoms. The summed E-state index contributed by atoms with van der Waals surface area (Å²) in [5.74, 6) is 0.466. The van der Waals surface area contributed by atoms with E-state index < -0.39 is 11.7 Å². The maximum absolute atomic E-state index is 12.4. The number of H-pyrrole nitrogens is 1. The van der Waals surface area contributed by atoms with Gasteiger partial charge in [0.25, 0.3) is 0 Å². The van der Waals surface area contributed by atoms with Gasteiger partial charge in [0.1, 0.15) is 10.5 Å². The fraction of sp³-hybridized carbons (Fsp3) is 0.167. The van der Waals surface area contributed by atoms with Crippen LogP contribution in [0.4, 0.5) is 13.2 Å². The van der Waals surface area contributed by atoms with Crippen molar-refractivity contribution in [1.82, 2.24) is 9.97 Å². The zero-order chi connectivity index (χ0) is 13.3. The number of halogens is 4. The van der Waals surface area contributed by atoms with E-state index in [1.807, 2.05) is 6.92 Å². The van der Waals surface area contributed by atoms with Gasteiger partial charge in [0.15, 0.2) is 0 Å². The Hall–Kier alpha value is -1.40. The van der Waals surface area contributed by atoms with Crippen LogP contribution in [0, 0.1) is 11.6 Å². The third kappa shape index (κ3) is 3.78. The quantitative estimate of drug-likeness (QED) is 0.783. The average Bonchev–Trinajstić information content (AvgIpc) is 2.27. The van der Waals surface area contributed by atoms with E-state index in [0.29, 0.717) is 16.0 Å². The molecule has 1 N–H and O–H groups in total. The van der Waals surface area contributed by atoms with Crippen molar-refractivity contribution in [1.29, 1.82) is 0 Å². The lowest BCUT2D eigenvalue weighted by Gasteiger charge is -2.07. The Bertz CT molecular complexity index is 620. The van der Waals surface area contributed by atoms with Crippen LogP contribution in [0.5, 0.6) is 0 Å². The van der Waals surface area contributed by atoms with Crippen LogP contribution < -0.4 is 0 Å². The molecule has 2 aromatic rings. The first-order chi connectivity index (χ1) is 8.36. The maximum Gasteiger partial charge on any atom is 0.416 e. The molecule has 0 spiro atoms. The number of aromatic amines is 1. The normalized spacial score (nSPS) is 10.9. The lowest BCUT2D eigenvalue weighted by atomic mass is 10.1. The molecule has 1 aromatic carbocycles. The van der Waals surface area contributed by atoms with Gasteiger partial charge in [-0.3, -0.25) is 0 Å². The molecule has 19 heavy (non-hydrogen) atoms. The smallest absolute Gasteiger partial charge is 0.343 e. The summed E-state index contributed by atoms with van der Waals surface area (Å²) in [6.07, 6.45) is -4.33. The number of aromatic nitrogens is 2. The summed E-state index contributed by atoms with van der Waals surface area (Å²) in [5, 5.41) is 0. The molecule has 0 saturated carbocycles. The molecule has 0 aliphatic heterocycles. The van der Waals surface area contributed by atoms with Gasteiger partial charge in [-0.25, -0.2) is 4.98 Å². The molecule has 0 aliphatic rings. The first kappa shape index (κ1) is 15.7. The van der Waals surface area contributed by atoms with E-state index in [1.54, 1.807) is 6.07 Å². The number of aryl methyl sites for hydroxylation is 1. The SMILES string of the molecule is Cc1cc(=S)nc(-c2ccc(C(F)(F)F)cc2)[nH]1.Cl. The van der Waals surface area contributed by atoms with Gasteiger partial charge < -0.3 is 4.98 Å². The number of hydrogen-bond donors (Lipinski definition) is 1. The van der Waals surface area contributed by atoms with Crippen LogP contribution in [0.1, 0.15) is 11.3 Å². The molecule has 0 radical (unpaired) electrons. The van der Waals surface area contributed by atoms with Crippen LogP contribution in [0.2, 0.25) is 0 Å². The number of nitrogens with zero attached hydrogens (tertiary/aromatic N) is 1. The fourth-order valence-corrected chi connectivity index (χ4v) is 1.80. The summed E-state index contributed by atoms with van der Waals surface area (Å²) >= 11 is 4.96. The minimum atomic E-state index is -4.33. The van der Waals surface area contributed by atoms with Crippen molar-refractivity contribution in [3.05, 3.63) is 46.2 Å². The molecule has 0 atom stereocenters. The molecule has 0 saturated heterocycles. The molecule has 0 unspecified atom stereocenters. The Morgan fingerprint density at radius 3 is 2.21 bits per heavy atom. The van der Waals surface area contributed by atoms with E-state index in [-0.39, 0.29) is 12.4 Å². The van der Waals surface area contributed by atoms with Gasteiger partial charge in [0, 0.05) is 11.3 Å². The molecule has 0 aliphatic carbocycles. The van der Waals surface area contributed by atoms with E-state index in [4.69, 9.17) is 12.2 Å². The van der Waals surface area contributed by atoms with Gasteiger partial charge in [-0.05, 0) is 25.1 Å². The Morgan fingerprint density at radius 2 is 1.74 bits per heavy atom. The van der Waals surface area contributed by atoms with Crippen molar-refractivity contribution in [2.24, 2.45) is 0 Å². The highest BCUT2D eigenvalue weighted by Crippen LogP contribution is 2.30. The molecule has 1 aromatic heterocycles. The summed E-state index contributed by atoms with van der Waals surface area (Å²) < 4.78 is 37.6. The Balaban J connectivity index is 0.00000180. The first-order valence-electron chi connectivity index (χ1n) is 5.12. The molecule has 2 nitrogen and oxygen atoms in total. The standard InChI is InChI=1S/C12H9F3N2S.ClH/c1-7-6-10(18)17-11(16-7)8-2-4-9(5-3-8)12(13,14)15;/h2-6H,1H3,(H,16,17,18);1H. The number of benzene rings is 1. The van der Waals surface area contributed by atoms with Crippen LogP contribution in [0.3, 0.4) is 0 Å². The fourth-order valence-electron chi connectivity index (χ4n) is 1.53. The Morgan fingerprint density at radius 1 is 1.16 bits per heavy atom. The zero-order valence-corrected chi connectivity index (χ0v) is 11.4. The van der Waals surface area contributed by atoms with Gasteiger partial charge in [-0.15, -0.1) is 12.4 Å². The number of alkyl halides is 3. The van der Waals surface area contributed by atoms with Crippen molar-refractivity contribution >= 4 is 24.6 Å². The first-order valence-corrected chi connectivity index (χ1v) is 5.53. The molecule has 2 rings (SSSR count). The molecule has 0 fully saturated rings. The number of nitrogens with one attached hydrogen (secondary N) is 1. The van der Waals surface area contributed by atoms with E-state index in [1.165, 1.54) is 12.1 Å². The second-order valence-electron chi connectivity index (χ2n) is 3.83. The summed E-state index contributed by atoms with van der Waals surface area (Å²) in [7, 11) is 0. The zero-order valence-electron chi connectivity index (χ0n) is 9.78.